The Kier molecular flexibility index (Phi) is 4.32. The number of rotatable bonds is 4. The summed E-state index contributed by atoms with van der Waals surface area (Å²) < 4.78 is 0. The molecule has 2 aliphatic heterocycles. The maximum Gasteiger partial charge on any atom is 0.223 e. The molecule has 1 spiro atoms. The third kappa shape index (κ3) is 3.17. The van der Waals surface area contributed by atoms with Crippen molar-refractivity contribution in [3.8, 4) is 0 Å². The molecule has 1 amide bonds. The zero-order chi connectivity index (χ0) is 14.0. The van der Waals surface area contributed by atoms with Crippen LogP contribution in [-0.2, 0) is 4.79 Å². The van der Waals surface area contributed by atoms with Gasteiger partial charge < -0.3 is 15.5 Å². The molecule has 1 unspecified atom stereocenters. The molecule has 0 radical (unpaired) electrons. The van der Waals surface area contributed by atoms with Crippen LogP contribution in [0.5, 0.6) is 0 Å². The summed E-state index contributed by atoms with van der Waals surface area (Å²) in [5.41, 5.74) is 0.378. The highest BCUT2D eigenvalue weighted by Crippen LogP contribution is 2.58. The van der Waals surface area contributed by atoms with E-state index in [0.29, 0.717) is 17.2 Å². The third-order valence-corrected chi connectivity index (χ3v) is 5.80. The van der Waals surface area contributed by atoms with Crippen molar-refractivity contribution in [1.29, 1.82) is 0 Å². The Morgan fingerprint density at radius 1 is 1.30 bits per heavy atom. The van der Waals surface area contributed by atoms with Gasteiger partial charge in [-0.25, -0.2) is 0 Å². The fourth-order valence-electron chi connectivity index (χ4n) is 4.07. The lowest BCUT2D eigenvalue weighted by molar-refractivity contribution is -0.123. The molecule has 20 heavy (non-hydrogen) atoms. The molecule has 3 aliphatic rings. The van der Waals surface area contributed by atoms with Gasteiger partial charge >= 0.3 is 0 Å². The minimum absolute atomic E-state index is 0.321. The molecule has 114 valence electrons. The van der Waals surface area contributed by atoms with Crippen LogP contribution in [0.3, 0.4) is 0 Å². The van der Waals surface area contributed by atoms with Gasteiger partial charge in [0.15, 0.2) is 0 Å². The van der Waals surface area contributed by atoms with E-state index in [1.54, 1.807) is 0 Å². The number of nitrogens with zero attached hydrogens (tertiary/aromatic N) is 1. The summed E-state index contributed by atoms with van der Waals surface area (Å²) >= 11 is 0. The second-order valence-electron chi connectivity index (χ2n) is 7.20. The molecule has 0 aromatic rings. The van der Waals surface area contributed by atoms with Gasteiger partial charge in [-0.2, -0.15) is 0 Å². The van der Waals surface area contributed by atoms with Crippen molar-refractivity contribution in [3.63, 3.8) is 0 Å². The Morgan fingerprint density at radius 3 is 2.70 bits per heavy atom. The summed E-state index contributed by atoms with van der Waals surface area (Å²) in [5, 5.41) is 6.60. The average molecular weight is 279 g/mol. The van der Waals surface area contributed by atoms with Crippen molar-refractivity contribution >= 4 is 5.91 Å². The minimum atomic E-state index is 0.321. The largest absolute Gasteiger partial charge is 0.356 e. The van der Waals surface area contributed by atoms with Crippen molar-refractivity contribution < 1.29 is 4.79 Å². The van der Waals surface area contributed by atoms with Crippen LogP contribution in [0.25, 0.3) is 0 Å². The monoisotopic (exact) mass is 279 g/mol. The van der Waals surface area contributed by atoms with E-state index in [9.17, 15) is 4.79 Å². The zero-order valence-electron chi connectivity index (χ0n) is 12.8. The maximum atomic E-state index is 12.2. The summed E-state index contributed by atoms with van der Waals surface area (Å²) in [4.78, 5) is 14.6. The van der Waals surface area contributed by atoms with Crippen LogP contribution in [0.1, 0.15) is 38.5 Å². The Labute approximate surface area is 122 Å². The first-order valence-corrected chi connectivity index (χ1v) is 8.37. The minimum Gasteiger partial charge on any atom is -0.356 e. The number of nitrogens with one attached hydrogen (secondary N) is 2. The number of carbonyl (C=O) groups is 1. The van der Waals surface area contributed by atoms with Gasteiger partial charge in [-0.1, -0.05) is 0 Å². The molecule has 2 heterocycles. The second-order valence-corrected chi connectivity index (χ2v) is 7.20. The van der Waals surface area contributed by atoms with Crippen molar-refractivity contribution in [2.24, 2.45) is 17.3 Å². The Balaban J connectivity index is 1.34. The Bertz CT molecular complexity index is 344. The van der Waals surface area contributed by atoms with Crippen molar-refractivity contribution in [3.05, 3.63) is 0 Å². The van der Waals surface area contributed by atoms with E-state index in [-0.39, 0.29) is 0 Å². The molecular formula is C16H29N3O. The fourth-order valence-corrected chi connectivity index (χ4v) is 4.07. The van der Waals surface area contributed by atoms with Crippen LogP contribution < -0.4 is 10.6 Å². The number of hydrogen-bond acceptors (Lipinski definition) is 3. The van der Waals surface area contributed by atoms with Gasteiger partial charge in [0, 0.05) is 12.5 Å². The lowest BCUT2D eigenvalue weighted by atomic mass is 9.91. The number of carbonyl (C=O) groups excluding carboxylic acids is 1. The van der Waals surface area contributed by atoms with E-state index < -0.39 is 0 Å². The summed E-state index contributed by atoms with van der Waals surface area (Å²) in [5.74, 6) is 1.47. The number of likely N-dealkylation sites (tertiary alicyclic amines) is 1. The van der Waals surface area contributed by atoms with Gasteiger partial charge in [0.1, 0.15) is 0 Å². The van der Waals surface area contributed by atoms with E-state index in [0.717, 1.165) is 32.0 Å². The molecule has 1 aliphatic carbocycles. The van der Waals surface area contributed by atoms with Crippen LogP contribution >= 0.6 is 0 Å². The van der Waals surface area contributed by atoms with Crippen LogP contribution in [0.15, 0.2) is 0 Å². The molecule has 4 nitrogen and oxygen atoms in total. The highest BCUT2D eigenvalue weighted by Gasteiger charge is 2.57. The van der Waals surface area contributed by atoms with Gasteiger partial charge in [0.25, 0.3) is 0 Å². The summed E-state index contributed by atoms with van der Waals surface area (Å²) in [6.45, 7) is 5.52. The van der Waals surface area contributed by atoms with Gasteiger partial charge in [0.05, 0.1) is 0 Å². The first-order valence-electron chi connectivity index (χ1n) is 8.37. The van der Waals surface area contributed by atoms with E-state index >= 15 is 0 Å². The van der Waals surface area contributed by atoms with Crippen molar-refractivity contribution in [2.75, 3.05) is 39.8 Å². The molecule has 0 aromatic heterocycles. The molecule has 3 rings (SSSR count). The first-order chi connectivity index (χ1) is 9.70. The molecular weight excluding hydrogens is 250 g/mol. The summed E-state index contributed by atoms with van der Waals surface area (Å²) in [6.07, 6.45) is 7.28. The second kappa shape index (κ2) is 6.02. The third-order valence-electron chi connectivity index (χ3n) is 5.80. The SMILES string of the molecule is CN1CCC(CCNC(=O)C2CC23CCNCC3)CC1. The normalized spacial score (nSPS) is 30.4. The summed E-state index contributed by atoms with van der Waals surface area (Å²) in [6, 6.07) is 0. The molecule has 1 atom stereocenters. The highest BCUT2D eigenvalue weighted by molar-refractivity contribution is 5.82. The predicted molar refractivity (Wildman–Crippen MR) is 80.5 cm³/mol. The quantitative estimate of drug-likeness (QED) is 0.813. The average Bonchev–Trinajstić information content (AvgIpc) is 3.15. The number of hydrogen-bond donors (Lipinski definition) is 2. The van der Waals surface area contributed by atoms with Gasteiger partial charge in [-0.3, -0.25) is 4.79 Å². The smallest absolute Gasteiger partial charge is 0.223 e. The fraction of sp³-hybridized carbons (Fsp3) is 0.938. The maximum absolute atomic E-state index is 12.2. The Hall–Kier alpha value is -0.610. The molecule has 1 saturated carbocycles. The zero-order valence-corrected chi connectivity index (χ0v) is 12.8. The lowest BCUT2D eigenvalue weighted by Crippen LogP contribution is -2.35. The van der Waals surface area contributed by atoms with Crippen LogP contribution in [0, 0.1) is 17.3 Å². The first kappa shape index (κ1) is 14.3. The molecule has 2 N–H and O–H groups in total. The molecule has 4 heteroatoms. The van der Waals surface area contributed by atoms with E-state index in [2.05, 4.69) is 22.6 Å². The van der Waals surface area contributed by atoms with E-state index in [4.69, 9.17) is 0 Å². The van der Waals surface area contributed by atoms with E-state index in [1.165, 1.54) is 45.2 Å². The van der Waals surface area contributed by atoms with Gasteiger partial charge in [-0.15, -0.1) is 0 Å². The van der Waals surface area contributed by atoms with Crippen LogP contribution in [-0.4, -0.2) is 50.6 Å². The number of amides is 1. The summed E-state index contributed by atoms with van der Waals surface area (Å²) in [7, 11) is 2.20. The van der Waals surface area contributed by atoms with Crippen molar-refractivity contribution in [1.82, 2.24) is 15.5 Å². The Morgan fingerprint density at radius 2 is 2.00 bits per heavy atom. The highest BCUT2D eigenvalue weighted by atomic mass is 16.2. The molecule has 0 bridgehead atoms. The molecule has 0 aromatic carbocycles. The molecule has 2 saturated heterocycles. The molecule has 3 fully saturated rings. The van der Waals surface area contributed by atoms with Crippen LogP contribution in [0.2, 0.25) is 0 Å². The topological polar surface area (TPSA) is 44.4 Å². The van der Waals surface area contributed by atoms with Gasteiger partial charge in [-0.05, 0) is 83.1 Å². The van der Waals surface area contributed by atoms with Crippen molar-refractivity contribution in [2.45, 2.75) is 38.5 Å². The van der Waals surface area contributed by atoms with Crippen LogP contribution in [0.4, 0.5) is 0 Å². The lowest BCUT2D eigenvalue weighted by Gasteiger charge is -2.29. The standard InChI is InChI=1S/C16H29N3O/c1-19-10-3-13(4-11-19)2-7-18-15(20)14-12-16(14)5-8-17-9-6-16/h13-14,17H,2-12H2,1H3,(H,18,20). The predicted octanol–water partition coefficient (Wildman–Crippen LogP) is 1.22. The van der Waals surface area contributed by atoms with E-state index in [1.807, 2.05) is 0 Å². The number of piperidine rings is 2. The van der Waals surface area contributed by atoms with Gasteiger partial charge in [0.2, 0.25) is 5.91 Å².